The molecule has 0 N–H and O–H groups in total. The van der Waals surface area contributed by atoms with Gasteiger partial charge in [-0.05, 0) is 37.7 Å². The lowest BCUT2D eigenvalue weighted by Gasteiger charge is -2.12. The van der Waals surface area contributed by atoms with Crippen molar-refractivity contribution in [1.82, 2.24) is 9.78 Å². The zero-order valence-corrected chi connectivity index (χ0v) is 10.8. The minimum Gasteiger partial charge on any atom is -0.287 e. The van der Waals surface area contributed by atoms with E-state index in [0.717, 1.165) is 37.8 Å². The highest BCUT2D eigenvalue weighted by molar-refractivity contribution is 6.34. The van der Waals surface area contributed by atoms with Gasteiger partial charge in [0, 0.05) is 6.54 Å². The van der Waals surface area contributed by atoms with E-state index < -0.39 is 0 Å². The maximum absolute atomic E-state index is 12.4. The second-order valence-corrected chi connectivity index (χ2v) is 4.78. The number of aromatic nitrogens is 2. The number of hydrogen-bond acceptors (Lipinski definition) is 2. The molecular formula is C13H17ClN2O. The van der Waals surface area contributed by atoms with Crippen molar-refractivity contribution < 1.29 is 4.79 Å². The van der Waals surface area contributed by atoms with Gasteiger partial charge in [-0.25, -0.2) is 0 Å². The Hall–Kier alpha value is -1.09. The summed E-state index contributed by atoms with van der Waals surface area (Å²) in [6.07, 6.45) is 8.69. The Morgan fingerprint density at radius 2 is 2.35 bits per heavy atom. The topological polar surface area (TPSA) is 34.9 Å². The third kappa shape index (κ3) is 2.60. The van der Waals surface area contributed by atoms with Gasteiger partial charge >= 0.3 is 0 Å². The summed E-state index contributed by atoms with van der Waals surface area (Å²) >= 11 is 6.06. The predicted molar refractivity (Wildman–Crippen MR) is 68.4 cm³/mol. The Labute approximate surface area is 106 Å². The lowest BCUT2D eigenvalue weighted by Crippen LogP contribution is -2.14. The first-order valence-electron chi connectivity index (χ1n) is 6.19. The van der Waals surface area contributed by atoms with Crippen molar-refractivity contribution in [1.29, 1.82) is 0 Å². The van der Waals surface area contributed by atoms with Crippen LogP contribution in [0.15, 0.2) is 17.8 Å². The highest BCUT2D eigenvalue weighted by Gasteiger charge is 2.21. The number of allylic oxidation sites excluding steroid dienone is 2. The second-order valence-electron chi connectivity index (χ2n) is 4.37. The van der Waals surface area contributed by atoms with Gasteiger partial charge in [-0.2, -0.15) is 5.10 Å². The third-order valence-electron chi connectivity index (χ3n) is 3.03. The minimum atomic E-state index is 0.0562. The van der Waals surface area contributed by atoms with Gasteiger partial charge < -0.3 is 0 Å². The van der Waals surface area contributed by atoms with Crippen LogP contribution in [-0.2, 0) is 6.54 Å². The normalized spacial score (nSPS) is 15.8. The van der Waals surface area contributed by atoms with Crippen molar-refractivity contribution in [3.8, 4) is 0 Å². The third-order valence-corrected chi connectivity index (χ3v) is 3.30. The Kier molecular flexibility index (Phi) is 4.00. The molecule has 1 aromatic rings. The van der Waals surface area contributed by atoms with Gasteiger partial charge in [-0.3, -0.25) is 9.48 Å². The summed E-state index contributed by atoms with van der Waals surface area (Å²) < 4.78 is 1.72. The lowest BCUT2D eigenvalue weighted by atomic mass is 9.95. The van der Waals surface area contributed by atoms with E-state index in [0.29, 0.717) is 10.7 Å². The summed E-state index contributed by atoms with van der Waals surface area (Å²) in [4.78, 5) is 12.4. The van der Waals surface area contributed by atoms with Gasteiger partial charge in [0.15, 0.2) is 0 Å². The highest BCUT2D eigenvalue weighted by Crippen LogP contribution is 2.25. The molecule has 0 spiro atoms. The van der Waals surface area contributed by atoms with Crippen LogP contribution >= 0.6 is 11.6 Å². The predicted octanol–water partition coefficient (Wildman–Crippen LogP) is 3.63. The molecule has 92 valence electrons. The van der Waals surface area contributed by atoms with Gasteiger partial charge in [-0.15, -0.1) is 0 Å². The molecule has 1 aromatic heterocycles. The molecule has 0 aromatic carbocycles. The Morgan fingerprint density at radius 1 is 1.53 bits per heavy atom. The minimum absolute atomic E-state index is 0.0562. The fraction of sp³-hybridized carbons (Fsp3) is 0.538. The summed E-state index contributed by atoms with van der Waals surface area (Å²) in [7, 11) is 0. The van der Waals surface area contributed by atoms with Crippen LogP contribution in [0.1, 0.15) is 49.5 Å². The van der Waals surface area contributed by atoms with Crippen LogP contribution in [0, 0.1) is 0 Å². The lowest BCUT2D eigenvalue weighted by molar-refractivity contribution is 0.101. The quantitative estimate of drug-likeness (QED) is 0.767. The van der Waals surface area contributed by atoms with E-state index in [-0.39, 0.29) is 5.78 Å². The first kappa shape index (κ1) is 12.4. The molecule has 17 heavy (non-hydrogen) atoms. The van der Waals surface area contributed by atoms with E-state index in [1.165, 1.54) is 6.42 Å². The number of carbonyl (C=O) groups excluding carboxylic acids is 1. The fourth-order valence-corrected chi connectivity index (χ4v) is 2.39. The molecule has 3 nitrogen and oxygen atoms in total. The van der Waals surface area contributed by atoms with Crippen LogP contribution in [0.25, 0.3) is 0 Å². The number of aryl methyl sites for hydroxylation is 1. The average Bonchev–Trinajstić information content (AvgIpc) is 2.71. The highest BCUT2D eigenvalue weighted by atomic mass is 35.5. The van der Waals surface area contributed by atoms with E-state index in [1.807, 2.05) is 6.08 Å². The van der Waals surface area contributed by atoms with Gasteiger partial charge in [0.05, 0.1) is 11.2 Å². The van der Waals surface area contributed by atoms with Crippen molar-refractivity contribution >= 4 is 17.4 Å². The number of nitrogens with zero attached hydrogens (tertiary/aromatic N) is 2. The van der Waals surface area contributed by atoms with E-state index in [1.54, 1.807) is 10.9 Å². The van der Waals surface area contributed by atoms with E-state index in [2.05, 4.69) is 12.0 Å². The summed E-state index contributed by atoms with van der Waals surface area (Å²) in [5.41, 5.74) is 1.46. The van der Waals surface area contributed by atoms with Gasteiger partial charge in [0.2, 0.25) is 5.78 Å². The van der Waals surface area contributed by atoms with Crippen LogP contribution < -0.4 is 0 Å². The molecule has 0 aliphatic heterocycles. The van der Waals surface area contributed by atoms with Crippen molar-refractivity contribution in [2.75, 3.05) is 0 Å². The first-order valence-corrected chi connectivity index (χ1v) is 6.57. The molecule has 1 heterocycles. The number of halogens is 1. The molecule has 0 saturated carbocycles. The van der Waals surface area contributed by atoms with E-state index >= 15 is 0 Å². The van der Waals surface area contributed by atoms with E-state index in [4.69, 9.17) is 11.6 Å². The summed E-state index contributed by atoms with van der Waals surface area (Å²) in [6, 6.07) is 0. The second kappa shape index (κ2) is 5.50. The van der Waals surface area contributed by atoms with Gasteiger partial charge in [0.1, 0.15) is 5.69 Å². The van der Waals surface area contributed by atoms with Gasteiger partial charge in [0.25, 0.3) is 0 Å². The zero-order valence-electron chi connectivity index (χ0n) is 10.1. The van der Waals surface area contributed by atoms with Crippen molar-refractivity contribution in [2.24, 2.45) is 0 Å². The Balaban J connectivity index is 2.29. The molecular weight excluding hydrogens is 236 g/mol. The molecule has 0 fully saturated rings. The molecule has 1 aliphatic carbocycles. The Bertz CT molecular complexity index is 448. The molecule has 0 atom stereocenters. The maximum atomic E-state index is 12.4. The van der Waals surface area contributed by atoms with Gasteiger partial charge in [-0.1, -0.05) is 24.6 Å². The van der Waals surface area contributed by atoms with Crippen LogP contribution in [-0.4, -0.2) is 15.6 Å². The van der Waals surface area contributed by atoms with Crippen molar-refractivity contribution in [3.05, 3.63) is 28.6 Å². The molecule has 0 unspecified atom stereocenters. The number of carbonyl (C=O) groups is 1. The Morgan fingerprint density at radius 3 is 3.00 bits per heavy atom. The number of rotatable bonds is 4. The fourth-order valence-electron chi connectivity index (χ4n) is 2.17. The molecule has 4 heteroatoms. The summed E-state index contributed by atoms with van der Waals surface area (Å²) in [5, 5.41) is 4.63. The van der Waals surface area contributed by atoms with Crippen molar-refractivity contribution in [3.63, 3.8) is 0 Å². The average molecular weight is 253 g/mol. The van der Waals surface area contributed by atoms with Crippen LogP contribution in [0.2, 0.25) is 5.02 Å². The van der Waals surface area contributed by atoms with Crippen molar-refractivity contribution in [2.45, 2.75) is 45.6 Å². The monoisotopic (exact) mass is 252 g/mol. The van der Waals surface area contributed by atoms with Crippen LogP contribution in [0.3, 0.4) is 0 Å². The maximum Gasteiger partial charge on any atom is 0.208 e. The molecule has 0 radical (unpaired) electrons. The summed E-state index contributed by atoms with van der Waals surface area (Å²) in [6.45, 7) is 2.80. The number of Topliss-reactive ketones (excluding diaryl/α,β-unsaturated/α-hetero) is 1. The first-order chi connectivity index (χ1) is 8.24. The van der Waals surface area contributed by atoms with Crippen LogP contribution in [0.5, 0.6) is 0 Å². The summed E-state index contributed by atoms with van der Waals surface area (Å²) in [5.74, 6) is 0.0562. The standard InChI is InChI=1S/C13H17ClN2O/c1-2-8-16-12(11(14)9-15-16)13(17)10-6-4-3-5-7-10/h6,9H,2-5,7-8H2,1H3. The number of hydrogen-bond donors (Lipinski definition) is 0. The molecule has 0 amide bonds. The van der Waals surface area contributed by atoms with Crippen LogP contribution in [0.4, 0.5) is 0 Å². The SMILES string of the molecule is CCCn1ncc(Cl)c1C(=O)C1=CCCCC1. The van der Waals surface area contributed by atoms with E-state index in [9.17, 15) is 4.79 Å². The molecule has 2 rings (SSSR count). The molecule has 1 aliphatic rings. The smallest absolute Gasteiger partial charge is 0.208 e. The molecule has 0 saturated heterocycles. The largest absolute Gasteiger partial charge is 0.287 e. The number of ketones is 1. The zero-order chi connectivity index (χ0) is 12.3. The molecule has 0 bridgehead atoms.